The standard InChI is InChI=1S/C7H11NO7S/c1-4(9)8-6(3-16(12,13)14)7(11)15-5(2)10/h6H,3H2,1-2H3,(H,8,9)(H,12,13,14)/t6-/m1/s1. The second-order valence-electron chi connectivity index (χ2n) is 2.91. The van der Waals surface area contributed by atoms with Gasteiger partial charge in [0.25, 0.3) is 10.1 Å². The van der Waals surface area contributed by atoms with Gasteiger partial charge in [0.2, 0.25) is 5.91 Å². The Morgan fingerprint density at radius 1 is 1.31 bits per heavy atom. The molecule has 0 aliphatic rings. The van der Waals surface area contributed by atoms with Crippen LogP contribution in [0.1, 0.15) is 13.8 Å². The van der Waals surface area contributed by atoms with Gasteiger partial charge in [0, 0.05) is 13.8 Å². The maximum absolute atomic E-state index is 11.1. The van der Waals surface area contributed by atoms with Crippen LogP contribution in [-0.4, -0.2) is 42.6 Å². The molecule has 0 aromatic carbocycles. The Labute approximate surface area is 91.7 Å². The lowest BCUT2D eigenvalue weighted by Gasteiger charge is -2.13. The number of carbonyl (C=O) groups excluding carboxylic acids is 3. The molecule has 1 amide bonds. The topological polar surface area (TPSA) is 127 Å². The summed E-state index contributed by atoms with van der Waals surface area (Å²) in [6.45, 7) is 1.98. The fourth-order valence-corrected chi connectivity index (χ4v) is 1.48. The van der Waals surface area contributed by atoms with Crippen LogP contribution in [0.3, 0.4) is 0 Å². The van der Waals surface area contributed by atoms with E-state index in [2.05, 4.69) is 4.74 Å². The van der Waals surface area contributed by atoms with Crippen LogP contribution in [0.15, 0.2) is 0 Å². The van der Waals surface area contributed by atoms with Crippen LogP contribution in [0.2, 0.25) is 0 Å². The SMILES string of the molecule is CC(=O)N[C@H](CS(=O)(=O)O)C(=O)OC(C)=O. The lowest BCUT2D eigenvalue weighted by molar-refractivity contribution is -0.160. The average molecular weight is 253 g/mol. The van der Waals surface area contributed by atoms with Crippen molar-refractivity contribution in [1.82, 2.24) is 5.32 Å². The Morgan fingerprint density at radius 2 is 1.81 bits per heavy atom. The Kier molecular flexibility index (Phi) is 5.05. The van der Waals surface area contributed by atoms with E-state index in [4.69, 9.17) is 4.55 Å². The normalized spacial score (nSPS) is 12.7. The van der Waals surface area contributed by atoms with E-state index in [0.29, 0.717) is 0 Å². The third-order valence-corrected chi connectivity index (χ3v) is 2.04. The molecule has 9 heteroatoms. The summed E-state index contributed by atoms with van der Waals surface area (Å²) in [6.07, 6.45) is 0. The Balaban J connectivity index is 4.73. The minimum Gasteiger partial charge on any atom is -0.392 e. The molecule has 0 aromatic heterocycles. The highest BCUT2D eigenvalue weighted by Crippen LogP contribution is 1.96. The number of carbonyl (C=O) groups is 3. The summed E-state index contributed by atoms with van der Waals surface area (Å²) in [6, 6.07) is -1.61. The molecule has 0 bridgehead atoms. The molecule has 92 valence electrons. The van der Waals surface area contributed by atoms with Gasteiger partial charge in [-0.25, -0.2) is 4.79 Å². The van der Waals surface area contributed by atoms with Crippen molar-refractivity contribution in [3.8, 4) is 0 Å². The molecule has 0 heterocycles. The Bertz CT molecular complexity index is 399. The van der Waals surface area contributed by atoms with E-state index in [0.717, 1.165) is 13.8 Å². The van der Waals surface area contributed by atoms with E-state index < -0.39 is 39.8 Å². The summed E-state index contributed by atoms with van der Waals surface area (Å²) < 4.78 is 33.7. The van der Waals surface area contributed by atoms with Gasteiger partial charge in [-0.2, -0.15) is 8.42 Å². The Morgan fingerprint density at radius 3 is 2.12 bits per heavy atom. The highest BCUT2D eigenvalue weighted by atomic mass is 32.2. The summed E-state index contributed by atoms with van der Waals surface area (Å²) >= 11 is 0. The molecule has 0 saturated heterocycles. The van der Waals surface area contributed by atoms with Gasteiger partial charge < -0.3 is 10.1 Å². The average Bonchev–Trinajstić information content (AvgIpc) is 1.97. The van der Waals surface area contributed by atoms with E-state index in [-0.39, 0.29) is 0 Å². The summed E-state index contributed by atoms with van der Waals surface area (Å²) in [4.78, 5) is 32.2. The minimum atomic E-state index is -4.48. The van der Waals surface area contributed by atoms with Crippen molar-refractivity contribution in [2.45, 2.75) is 19.9 Å². The first-order valence-electron chi connectivity index (χ1n) is 4.06. The van der Waals surface area contributed by atoms with Crippen molar-refractivity contribution in [2.24, 2.45) is 0 Å². The molecule has 0 aliphatic carbocycles. The lowest BCUT2D eigenvalue weighted by atomic mass is 10.3. The molecule has 0 fully saturated rings. The summed E-state index contributed by atoms with van der Waals surface area (Å²) in [5, 5.41) is 1.94. The summed E-state index contributed by atoms with van der Waals surface area (Å²) in [7, 11) is -4.48. The first-order chi connectivity index (χ1) is 7.11. The third kappa shape index (κ3) is 6.90. The van der Waals surface area contributed by atoms with E-state index >= 15 is 0 Å². The predicted molar refractivity (Wildman–Crippen MR) is 50.8 cm³/mol. The number of esters is 2. The van der Waals surface area contributed by atoms with Gasteiger partial charge in [-0.05, 0) is 0 Å². The lowest BCUT2D eigenvalue weighted by Crippen LogP contribution is -2.45. The van der Waals surface area contributed by atoms with Crippen molar-refractivity contribution in [3.63, 3.8) is 0 Å². The molecule has 0 radical (unpaired) electrons. The molecule has 0 aliphatic heterocycles. The van der Waals surface area contributed by atoms with E-state index in [1.54, 1.807) is 0 Å². The maximum Gasteiger partial charge on any atom is 0.337 e. The molecule has 0 unspecified atom stereocenters. The zero-order valence-corrected chi connectivity index (χ0v) is 9.41. The second kappa shape index (κ2) is 5.56. The van der Waals surface area contributed by atoms with Crippen molar-refractivity contribution in [2.75, 3.05) is 5.75 Å². The molecule has 0 rings (SSSR count). The largest absolute Gasteiger partial charge is 0.392 e. The van der Waals surface area contributed by atoms with Crippen molar-refractivity contribution >= 4 is 28.0 Å². The van der Waals surface area contributed by atoms with Crippen molar-refractivity contribution in [1.29, 1.82) is 0 Å². The summed E-state index contributed by atoms with van der Waals surface area (Å²) in [5.41, 5.74) is 0. The van der Waals surface area contributed by atoms with Crippen molar-refractivity contribution < 1.29 is 32.1 Å². The molecular weight excluding hydrogens is 242 g/mol. The third-order valence-electron chi connectivity index (χ3n) is 1.28. The van der Waals surface area contributed by atoms with Gasteiger partial charge in [-0.3, -0.25) is 14.1 Å². The van der Waals surface area contributed by atoms with Crippen LogP contribution in [0.4, 0.5) is 0 Å². The van der Waals surface area contributed by atoms with Crippen LogP contribution < -0.4 is 5.32 Å². The summed E-state index contributed by atoms with van der Waals surface area (Å²) in [5.74, 6) is -3.95. The first kappa shape index (κ1) is 14.5. The van der Waals surface area contributed by atoms with E-state index in [1.165, 1.54) is 0 Å². The highest BCUT2D eigenvalue weighted by Gasteiger charge is 2.27. The van der Waals surface area contributed by atoms with Crippen LogP contribution in [-0.2, 0) is 29.2 Å². The molecule has 1 atom stereocenters. The molecular formula is C7H11NO7S. The number of rotatable bonds is 4. The Hall–Kier alpha value is -1.48. The monoisotopic (exact) mass is 253 g/mol. The number of ether oxygens (including phenoxy) is 1. The molecule has 8 nitrogen and oxygen atoms in total. The number of nitrogens with one attached hydrogen (secondary N) is 1. The van der Waals surface area contributed by atoms with Gasteiger partial charge in [0.15, 0.2) is 0 Å². The van der Waals surface area contributed by atoms with Crippen molar-refractivity contribution in [3.05, 3.63) is 0 Å². The van der Waals surface area contributed by atoms with E-state index in [1.807, 2.05) is 5.32 Å². The van der Waals surface area contributed by atoms with Crippen LogP contribution in [0, 0.1) is 0 Å². The van der Waals surface area contributed by atoms with Gasteiger partial charge >= 0.3 is 11.9 Å². The second-order valence-corrected chi connectivity index (χ2v) is 4.41. The maximum atomic E-state index is 11.1. The zero-order chi connectivity index (χ0) is 12.9. The quantitative estimate of drug-likeness (QED) is 0.353. The molecule has 2 N–H and O–H groups in total. The highest BCUT2D eigenvalue weighted by molar-refractivity contribution is 7.85. The van der Waals surface area contributed by atoms with Gasteiger partial charge in [0.1, 0.15) is 11.8 Å². The predicted octanol–water partition coefficient (Wildman–Crippen LogP) is -1.53. The zero-order valence-electron chi connectivity index (χ0n) is 8.59. The molecule has 0 spiro atoms. The number of amides is 1. The molecule has 0 aromatic rings. The molecule has 16 heavy (non-hydrogen) atoms. The fourth-order valence-electron chi connectivity index (χ4n) is 0.837. The number of hydrogen-bond acceptors (Lipinski definition) is 6. The van der Waals surface area contributed by atoms with Gasteiger partial charge in [-0.15, -0.1) is 0 Å². The minimum absolute atomic E-state index is 0.700. The molecule has 0 saturated carbocycles. The van der Waals surface area contributed by atoms with Gasteiger partial charge in [0.05, 0.1) is 0 Å². The number of hydrogen-bond donors (Lipinski definition) is 2. The van der Waals surface area contributed by atoms with Crippen LogP contribution in [0.5, 0.6) is 0 Å². The van der Waals surface area contributed by atoms with Crippen LogP contribution >= 0.6 is 0 Å². The fraction of sp³-hybridized carbons (Fsp3) is 0.571. The first-order valence-corrected chi connectivity index (χ1v) is 5.67. The smallest absolute Gasteiger partial charge is 0.337 e. The van der Waals surface area contributed by atoms with E-state index in [9.17, 15) is 22.8 Å². The van der Waals surface area contributed by atoms with Gasteiger partial charge in [-0.1, -0.05) is 0 Å². The van der Waals surface area contributed by atoms with Crippen LogP contribution in [0.25, 0.3) is 0 Å².